The van der Waals surface area contributed by atoms with Gasteiger partial charge in [-0.25, -0.2) is 0 Å². The molecule has 1 aromatic heterocycles. The SMILES string of the molecule is Cc1ccc(-c2ccc(OCCNC(=O)c3ccccc3[N+](=O)[O-])nn2)cc1. The van der Waals surface area contributed by atoms with Crippen molar-refractivity contribution in [1.29, 1.82) is 0 Å². The number of carbonyl (C=O) groups excluding carboxylic acids is 1. The number of carbonyl (C=O) groups is 1. The van der Waals surface area contributed by atoms with Crippen LogP contribution < -0.4 is 10.1 Å². The molecular formula is C20H18N4O4. The van der Waals surface area contributed by atoms with Crippen molar-refractivity contribution in [3.05, 3.63) is 81.9 Å². The molecule has 2 aromatic carbocycles. The van der Waals surface area contributed by atoms with E-state index in [0.717, 1.165) is 11.3 Å². The highest BCUT2D eigenvalue weighted by atomic mass is 16.6. The number of aryl methyl sites for hydroxylation is 1. The molecule has 0 radical (unpaired) electrons. The van der Waals surface area contributed by atoms with E-state index in [4.69, 9.17) is 4.74 Å². The summed E-state index contributed by atoms with van der Waals surface area (Å²) in [6.07, 6.45) is 0. The van der Waals surface area contributed by atoms with E-state index in [-0.39, 0.29) is 24.4 Å². The Morgan fingerprint density at radius 1 is 1.07 bits per heavy atom. The van der Waals surface area contributed by atoms with Crippen LogP contribution in [0.3, 0.4) is 0 Å². The molecule has 1 amide bonds. The first-order valence-corrected chi connectivity index (χ1v) is 8.60. The second-order valence-electron chi connectivity index (χ2n) is 6.00. The molecule has 0 spiro atoms. The Labute approximate surface area is 161 Å². The van der Waals surface area contributed by atoms with Crippen LogP contribution in [0.25, 0.3) is 11.3 Å². The number of nitrogens with one attached hydrogen (secondary N) is 1. The summed E-state index contributed by atoms with van der Waals surface area (Å²) in [5, 5.41) is 21.7. The van der Waals surface area contributed by atoms with E-state index in [2.05, 4.69) is 15.5 Å². The lowest BCUT2D eigenvalue weighted by atomic mass is 10.1. The third kappa shape index (κ3) is 4.67. The maximum Gasteiger partial charge on any atom is 0.282 e. The Hall–Kier alpha value is -3.81. The van der Waals surface area contributed by atoms with Crippen LogP contribution in [0.2, 0.25) is 0 Å². The summed E-state index contributed by atoms with van der Waals surface area (Å²) in [4.78, 5) is 22.5. The van der Waals surface area contributed by atoms with Gasteiger partial charge in [0.15, 0.2) is 0 Å². The van der Waals surface area contributed by atoms with Gasteiger partial charge in [0.2, 0.25) is 5.88 Å². The minimum atomic E-state index is -0.587. The van der Waals surface area contributed by atoms with Crippen LogP contribution in [0, 0.1) is 17.0 Å². The van der Waals surface area contributed by atoms with Crippen LogP contribution in [-0.2, 0) is 0 Å². The van der Waals surface area contributed by atoms with Gasteiger partial charge in [-0.3, -0.25) is 14.9 Å². The van der Waals surface area contributed by atoms with Crippen LogP contribution in [0.1, 0.15) is 15.9 Å². The van der Waals surface area contributed by atoms with Gasteiger partial charge in [-0.15, -0.1) is 10.2 Å². The molecule has 0 unspecified atom stereocenters. The highest BCUT2D eigenvalue weighted by Crippen LogP contribution is 2.19. The van der Waals surface area contributed by atoms with Crippen molar-refractivity contribution in [2.45, 2.75) is 6.92 Å². The summed E-state index contributed by atoms with van der Waals surface area (Å²) in [5.41, 5.74) is 2.63. The predicted octanol–water partition coefficient (Wildman–Crippen LogP) is 3.17. The smallest absolute Gasteiger partial charge is 0.282 e. The number of aromatic nitrogens is 2. The van der Waals surface area contributed by atoms with Crippen molar-refractivity contribution in [2.75, 3.05) is 13.2 Å². The maximum absolute atomic E-state index is 12.1. The van der Waals surface area contributed by atoms with Crippen molar-refractivity contribution >= 4 is 11.6 Å². The zero-order valence-electron chi connectivity index (χ0n) is 15.2. The number of hydrogen-bond acceptors (Lipinski definition) is 6. The van der Waals surface area contributed by atoms with Crippen molar-refractivity contribution < 1.29 is 14.5 Å². The van der Waals surface area contributed by atoms with Gasteiger partial charge in [-0.05, 0) is 19.1 Å². The molecule has 0 atom stereocenters. The van der Waals surface area contributed by atoms with Gasteiger partial charge in [0.05, 0.1) is 17.2 Å². The largest absolute Gasteiger partial charge is 0.475 e. The van der Waals surface area contributed by atoms with Crippen LogP contribution >= 0.6 is 0 Å². The molecule has 142 valence electrons. The summed E-state index contributed by atoms with van der Waals surface area (Å²) in [5.74, 6) is -0.201. The van der Waals surface area contributed by atoms with Crippen molar-refractivity contribution in [1.82, 2.24) is 15.5 Å². The molecule has 0 aliphatic carbocycles. The summed E-state index contributed by atoms with van der Waals surface area (Å²) >= 11 is 0. The molecule has 0 aliphatic heterocycles. The van der Waals surface area contributed by atoms with E-state index in [1.807, 2.05) is 31.2 Å². The van der Waals surface area contributed by atoms with Crippen LogP contribution in [0.15, 0.2) is 60.7 Å². The summed E-state index contributed by atoms with van der Waals surface area (Å²) < 4.78 is 5.46. The summed E-state index contributed by atoms with van der Waals surface area (Å²) in [7, 11) is 0. The summed E-state index contributed by atoms with van der Waals surface area (Å²) in [6.45, 7) is 2.35. The topological polar surface area (TPSA) is 107 Å². The van der Waals surface area contributed by atoms with Crippen molar-refractivity contribution in [3.8, 4) is 17.1 Å². The monoisotopic (exact) mass is 378 g/mol. The van der Waals surface area contributed by atoms with Gasteiger partial charge >= 0.3 is 0 Å². The quantitative estimate of drug-likeness (QED) is 0.384. The Morgan fingerprint density at radius 3 is 2.50 bits per heavy atom. The van der Waals surface area contributed by atoms with Gasteiger partial charge in [0.25, 0.3) is 11.6 Å². The lowest BCUT2D eigenvalue weighted by Crippen LogP contribution is -2.28. The average Bonchev–Trinajstić information content (AvgIpc) is 2.72. The molecule has 28 heavy (non-hydrogen) atoms. The lowest BCUT2D eigenvalue weighted by Gasteiger charge is -2.07. The third-order valence-corrected chi connectivity index (χ3v) is 3.97. The highest BCUT2D eigenvalue weighted by Gasteiger charge is 2.18. The Kier molecular flexibility index (Phi) is 5.91. The molecule has 0 aliphatic rings. The zero-order valence-corrected chi connectivity index (χ0v) is 15.2. The van der Waals surface area contributed by atoms with Crippen molar-refractivity contribution in [3.63, 3.8) is 0 Å². The van der Waals surface area contributed by atoms with Gasteiger partial charge in [-0.2, -0.15) is 0 Å². The number of hydrogen-bond donors (Lipinski definition) is 1. The molecule has 0 bridgehead atoms. The van der Waals surface area contributed by atoms with Crippen LogP contribution in [0.5, 0.6) is 5.88 Å². The lowest BCUT2D eigenvalue weighted by molar-refractivity contribution is -0.385. The fourth-order valence-electron chi connectivity index (χ4n) is 2.52. The van der Waals surface area contributed by atoms with E-state index < -0.39 is 10.8 Å². The minimum absolute atomic E-state index is 0.00902. The van der Waals surface area contributed by atoms with Crippen LogP contribution in [0.4, 0.5) is 5.69 Å². The normalized spacial score (nSPS) is 10.3. The standard InChI is InChI=1S/C20H18N4O4/c1-14-6-8-15(9-7-14)17-10-11-19(23-22-17)28-13-12-21-20(25)16-4-2-3-5-18(16)24(26)27/h2-11H,12-13H2,1H3,(H,21,25). The molecule has 3 aromatic rings. The molecule has 8 heteroatoms. The third-order valence-electron chi connectivity index (χ3n) is 3.97. The first kappa shape index (κ1) is 19.0. The van der Waals surface area contributed by atoms with E-state index in [1.165, 1.54) is 23.8 Å². The maximum atomic E-state index is 12.1. The first-order chi connectivity index (χ1) is 13.5. The Bertz CT molecular complexity index is 972. The number of ether oxygens (including phenoxy) is 1. The number of amides is 1. The molecule has 1 N–H and O–H groups in total. The number of benzene rings is 2. The predicted molar refractivity (Wildman–Crippen MR) is 103 cm³/mol. The van der Waals surface area contributed by atoms with Gasteiger partial charge in [0.1, 0.15) is 12.2 Å². The fourth-order valence-corrected chi connectivity index (χ4v) is 2.52. The van der Waals surface area contributed by atoms with Gasteiger partial charge in [-0.1, -0.05) is 42.0 Å². The highest BCUT2D eigenvalue weighted by molar-refractivity contribution is 5.98. The number of nitrogens with zero attached hydrogens (tertiary/aromatic N) is 3. The van der Waals surface area contributed by atoms with Crippen molar-refractivity contribution in [2.24, 2.45) is 0 Å². The van der Waals surface area contributed by atoms with Crippen LogP contribution in [-0.4, -0.2) is 34.2 Å². The number of para-hydroxylation sites is 1. The molecular weight excluding hydrogens is 360 g/mol. The van der Waals surface area contributed by atoms with E-state index in [1.54, 1.807) is 18.2 Å². The number of rotatable bonds is 7. The van der Waals surface area contributed by atoms with Gasteiger partial charge < -0.3 is 10.1 Å². The Morgan fingerprint density at radius 2 is 1.82 bits per heavy atom. The fraction of sp³-hybridized carbons (Fsp3) is 0.150. The summed E-state index contributed by atoms with van der Waals surface area (Å²) in [6, 6.07) is 17.2. The second kappa shape index (κ2) is 8.72. The molecule has 8 nitrogen and oxygen atoms in total. The minimum Gasteiger partial charge on any atom is -0.475 e. The first-order valence-electron chi connectivity index (χ1n) is 8.60. The van der Waals surface area contributed by atoms with E-state index >= 15 is 0 Å². The number of nitro groups is 1. The second-order valence-corrected chi connectivity index (χ2v) is 6.00. The number of nitro benzene ring substituents is 1. The molecule has 0 saturated carbocycles. The Balaban J connectivity index is 1.51. The van der Waals surface area contributed by atoms with E-state index in [0.29, 0.717) is 5.88 Å². The molecule has 3 rings (SSSR count). The molecule has 1 heterocycles. The average molecular weight is 378 g/mol. The zero-order chi connectivity index (χ0) is 19.9. The molecule has 0 fully saturated rings. The van der Waals surface area contributed by atoms with E-state index in [9.17, 15) is 14.9 Å². The van der Waals surface area contributed by atoms with Gasteiger partial charge in [0, 0.05) is 17.7 Å². The molecule has 0 saturated heterocycles.